The molecule has 0 unspecified atom stereocenters. The molecule has 0 aliphatic carbocycles. The van der Waals surface area contributed by atoms with Crippen molar-refractivity contribution in [3.63, 3.8) is 0 Å². The first kappa shape index (κ1) is 23.2. The number of hydrogen-bond donors (Lipinski definition) is 0. The fraction of sp³-hybridized carbons (Fsp3) is 0.233. The van der Waals surface area contributed by atoms with Crippen molar-refractivity contribution in [1.29, 1.82) is 0 Å². The van der Waals surface area contributed by atoms with Gasteiger partial charge in [-0.05, 0) is 54.5 Å². The minimum atomic E-state index is -0.121. The maximum Gasteiger partial charge on any atom is 0.231 e. The summed E-state index contributed by atoms with van der Waals surface area (Å²) in [7, 11) is 5.32. The van der Waals surface area contributed by atoms with Gasteiger partial charge in [0.05, 0.1) is 25.3 Å². The number of aromatic nitrogens is 1. The molecule has 0 saturated carbocycles. The van der Waals surface area contributed by atoms with Gasteiger partial charge in [-0.15, -0.1) is 0 Å². The quantitative estimate of drug-likeness (QED) is 0.342. The van der Waals surface area contributed by atoms with E-state index in [2.05, 4.69) is 11.0 Å². The van der Waals surface area contributed by atoms with Crippen molar-refractivity contribution in [2.45, 2.75) is 13.0 Å². The van der Waals surface area contributed by atoms with Crippen molar-refractivity contribution >= 4 is 22.8 Å². The minimum Gasteiger partial charge on any atom is -0.497 e. The molecule has 0 atom stereocenters. The summed E-state index contributed by atoms with van der Waals surface area (Å²) in [6.45, 7) is 1.91. The monoisotopic (exact) mass is 496 g/mol. The highest BCUT2D eigenvalue weighted by molar-refractivity contribution is 6.15. The van der Waals surface area contributed by atoms with Crippen molar-refractivity contribution in [2.75, 3.05) is 27.5 Å². The number of carbonyl (C=O) groups is 1. The zero-order valence-corrected chi connectivity index (χ0v) is 21.1. The largest absolute Gasteiger partial charge is 0.497 e. The summed E-state index contributed by atoms with van der Waals surface area (Å²) < 4.78 is 25.2. The van der Waals surface area contributed by atoms with Gasteiger partial charge in [-0.3, -0.25) is 9.69 Å². The Morgan fingerprint density at radius 2 is 1.92 bits per heavy atom. The number of benzene rings is 3. The van der Waals surface area contributed by atoms with Gasteiger partial charge in [-0.1, -0.05) is 18.2 Å². The minimum absolute atomic E-state index is 0.121. The van der Waals surface area contributed by atoms with Gasteiger partial charge in [-0.2, -0.15) is 0 Å². The van der Waals surface area contributed by atoms with Gasteiger partial charge in [0.2, 0.25) is 5.78 Å². The molecule has 37 heavy (non-hydrogen) atoms. The van der Waals surface area contributed by atoms with Crippen LogP contribution in [0.5, 0.6) is 23.0 Å². The molecule has 0 amide bonds. The van der Waals surface area contributed by atoms with Crippen molar-refractivity contribution < 1.29 is 23.7 Å². The summed E-state index contributed by atoms with van der Waals surface area (Å²) in [4.78, 5) is 15.5. The third-order valence-corrected chi connectivity index (χ3v) is 7.09. The highest BCUT2D eigenvalue weighted by Crippen LogP contribution is 2.42. The number of methoxy groups -OCH3 is 2. The Labute approximate surface area is 215 Å². The van der Waals surface area contributed by atoms with Gasteiger partial charge in [0.1, 0.15) is 29.7 Å². The molecule has 188 valence electrons. The number of fused-ring (bicyclic) bond motifs is 4. The van der Waals surface area contributed by atoms with Crippen LogP contribution in [-0.2, 0) is 20.0 Å². The summed E-state index contributed by atoms with van der Waals surface area (Å²) in [5.41, 5.74) is 4.57. The van der Waals surface area contributed by atoms with Gasteiger partial charge >= 0.3 is 0 Å². The van der Waals surface area contributed by atoms with E-state index >= 15 is 0 Å². The Kier molecular flexibility index (Phi) is 5.85. The molecule has 2 aliphatic heterocycles. The van der Waals surface area contributed by atoms with Gasteiger partial charge in [-0.25, -0.2) is 0 Å². The Morgan fingerprint density at radius 1 is 1.05 bits per heavy atom. The molecule has 6 rings (SSSR count). The average Bonchev–Trinajstić information content (AvgIpc) is 3.42. The molecule has 3 heterocycles. The molecular weight excluding hydrogens is 468 g/mol. The second kappa shape index (κ2) is 9.33. The standard InChI is InChI=1S/C30H28N2O5/c1-31-16-20(23-15-21(34-2)8-10-25(23)31)14-28-29(33)22-9-11-27-24(30(22)37-28)17-32(18-36-27)13-12-19-6-4-5-7-26(19)35-3/h4-11,14-16H,12-13,17-18H2,1-3H3/b28-14-. The highest BCUT2D eigenvalue weighted by Gasteiger charge is 2.33. The van der Waals surface area contributed by atoms with Crippen LogP contribution in [0.2, 0.25) is 0 Å². The lowest BCUT2D eigenvalue weighted by Gasteiger charge is -2.29. The molecule has 7 heteroatoms. The van der Waals surface area contributed by atoms with E-state index in [1.165, 1.54) is 0 Å². The SMILES string of the molecule is COc1ccc2c(c1)c(/C=C1\Oc3c(ccc4c3CN(CCc3ccccc3OC)CO4)C1=O)cn2C. The Bertz CT molecular complexity index is 1550. The van der Waals surface area contributed by atoms with E-state index in [0.29, 0.717) is 30.3 Å². The molecule has 1 aromatic heterocycles. The number of rotatable bonds is 6. The molecule has 0 N–H and O–H groups in total. The fourth-order valence-corrected chi connectivity index (χ4v) is 5.12. The first-order valence-electron chi connectivity index (χ1n) is 12.3. The van der Waals surface area contributed by atoms with E-state index in [9.17, 15) is 4.79 Å². The third kappa shape index (κ3) is 4.11. The molecule has 0 bridgehead atoms. The second-order valence-electron chi connectivity index (χ2n) is 9.32. The van der Waals surface area contributed by atoms with E-state index in [0.717, 1.165) is 57.8 Å². The number of aryl methyl sites for hydroxylation is 1. The molecule has 2 aliphatic rings. The maximum absolute atomic E-state index is 13.3. The molecule has 0 saturated heterocycles. The van der Waals surface area contributed by atoms with E-state index < -0.39 is 0 Å². The summed E-state index contributed by atoms with van der Waals surface area (Å²) in [5.74, 6) is 3.19. The Hall–Kier alpha value is -4.23. The van der Waals surface area contributed by atoms with Crippen LogP contribution in [0.15, 0.2) is 66.6 Å². The van der Waals surface area contributed by atoms with Gasteiger partial charge in [0, 0.05) is 42.8 Å². The third-order valence-electron chi connectivity index (χ3n) is 7.09. The van der Waals surface area contributed by atoms with Crippen LogP contribution in [0.3, 0.4) is 0 Å². The van der Waals surface area contributed by atoms with Gasteiger partial charge < -0.3 is 23.5 Å². The molecule has 3 aromatic carbocycles. The first-order chi connectivity index (χ1) is 18.1. The predicted octanol–water partition coefficient (Wildman–Crippen LogP) is 5.21. The molecule has 0 spiro atoms. The number of ether oxygens (including phenoxy) is 4. The van der Waals surface area contributed by atoms with E-state index in [1.54, 1.807) is 20.3 Å². The molecule has 7 nitrogen and oxygen atoms in total. The summed E-state index contributed by atoms with van der Waals surface area (Å²) in [5, 5.41) is 0.995. The predicted molar refractivity (Wildman–Crippen MR) is 141 cm³/mol. The number of hydrogen-bond acceptors (Lipinski definition) is 6. The molecule has 0 radical (unpaired) electrons. The van der Waals surface area contributed by atoms with Crippen LogP contribution < -0.4 is 18.9 Å². The van der Waals surface area contributed by atoms with Crippen LogP contribution in [0.25, 0.3) is 17.0 Å². The Balaban J connectivity index is 1.27. The van der Waals surface area contributed by atoms with Gasteiger partial charge in [0.15, 0.2) is 5.76 Å². The number of para-hydroxylation sites is 1. The topological polar surface area (TPSA) is 62.2 Å². The van der Waals surface area contributed by atoms with E-state index in [1.807, 2.05) is 66.4 Å². The van der Waals surface area contributed by atoms with Crippen LogP contribution >= 0.6 is 0 Å². The lowest BCUT2D eigenvalue weighted by Crippen LogP contribution is -2.33. The van der Waals surface area contributed by atoms with Crippen LogP contribution in [0.1, 0.15) is 27.0 Å². The number of carbonyl (C=O) groups excluding carboxylic acids is 1. The van der Waals surface area contributed by atoms with Crippen LogP contribution in [0, 0.1) is 0 Å². The summed E-state index contributed by atoms with van der Waals surface area (Å²) in [6.07, 6.45) is 4.64. The average molecular weight is 497 g/mol. The zero-order chi connectivity index (χ0) is 25.5. The zero-order valence-electron chi connectivity index (χ0n) is 21.1. The van der Waals surface area contributed by atoms with E-state index in [-0.39, 0.29) is 5.78 Å². The lowest BCUT2D eigenvalue weighted by molar-refractivity contribution is 0.0948. The first-order valence-corrected chi connectivity index (χ1v) is 12.3. The number of ketones is 1. The number of Topliss-reactive ketones (excluding diaryl/α,β-unsaturated/α-hetero) is 1. The van der Waals surface area contributed by atoms with Crippen LogP contribution in [0.4, 0.5) is 0 Å². The molecule has 0 fully saturated rings. The summed E-state index contributed by atoms with van der Waals surface area (Å²) in [6, 6.07) is 17.6. The van der Waals surface area contributed by atoms with Crippen molar-refractivity contribution in [2.24, 2.45) is 7.05 Å². The Morgan fingerprint density at radius 3 is 2.76 bits per heavy atom. The van der Waals surface area contributed by atoms with Crippen molar-refractivity contribution in [3.05, 3.63) is 88.8 Å². The molecule has 4 aromatic rings. The smallest absolute Gasteiger partial charge is 0.231 e. The van der Waals surface area contributed by atoms with Crippen LogP contribution in [-0.4, -0.2) is 42.7 Å². The van der Waals surface area contributed by atoms with Gasteiger partial charge in [0.25, 0.3) is 0 Å². The second-order valence-corrected chi connectivity index (χ2v) is 9.32. The van der Waals surface area contributed by atoms with E-state index in [4.69, 9.17) is 18.9 Å². The highest BCUT2D eigenvalue weighted by atomic mass is 16.5. The van der Waals surface area contributed by atoms with Crippen molar-refractivity contribution in [3.8, 4) is 23.0 Å². The lowest BCUT2D eigenvalue weighted by atomic mass is 10.0. The summed E-state index contributed by atoms with van der Waals surface area (Å²) >= 11 is 0. The van der Waals surface area contributed by atoms with Crippen molar-refractivity contribution in [1.82, 2.24) is 9.47 Å². The number of nitrogens with zero attached hydrogens (tertiary/aromatic N) is 2. The normalized spacial score (nSPS) is 15.9. The molecular formula is C30H28N2O5. The maximum atomic E-state index is 13.3. The fourth-order valence-electron chi connectivity index (χ4n) is 5.12. The number of allylic oxidation sites excluding steroid dienone is 1.